The Morgan fingerprint density at radius 1 is 1.21 bits per heavy atom. The largest absolute Gasteiger partial charge is 0.492 e. The van der Waals surface area contributed by atoms with Crippen LogP contribution < -0.4 is 10.5 Å². The van der Waals surface area contributed by atoms with Crippen molar-refractivity contribution in [2.75, 3.05) is 13.2 Å². The van der Waals surface area contributed by atoms with Gasteiger partial charge in [0, 0.05) is 17.1 Å². The standard InChI is InChI=1S/C22H28ClN3O3/c1-2-3-8-25-16-6-7-17(25)13-18(12-16)26-22(27)29-21(24-26)19-11-15(23)10-14-5-4-9-28-20(14)19/h10-11,16-18H,2-9,12-13H2,1H3. The number of ether oxygens (including phenoxy) is 1. The van der Waals surface area contributed by atoms with E-state index in [2.05, 4.69) is 16.9 Å². The molecule has 3 aliphatic rings. The maximum absolute atomic E-state index is 12.7. The van der Waals surface area contributed by atoms with Crippen LogP contribution >= 0.6 is 11.6 Å². The number of halogens is 1. The Bertz CT molecular complexity index is 939. The summed E-state index contributed by atoms with van der Waals surface area (Å²) < 4.78 is 13.1. The lowest BCUT2D eigenvalue weighted by molar-refractivity contribution is 0.0985. The van der Waals surface area contributed by atoms with Crippen LogP contribution in [0.2, 0.25) is 5.02 Å². The van der Waals surface area contributed by atoms with Gasteiger partial charge in [-0.25, -0.2) is 4.79 Å². The van der Waals surface area contributed by atoms with Gasteiger partial charge >= 0.3 is 5.76 Å². The summed E-state index contributed by atoms with van der Waals surface area (Å²) in [6.07, 6.45) is 8.72. The van der Waals surface area contributed by atoms with E-state index < -0.39 is 0 Å². The summed E-state index contributed by atoms with van der Waals surface area (Å²) in [4.78, 5) is 15.4. The molecule has 2 fully saturated rings. The van der Waals surface area contributed by atoms with E-state index in [4.69, 9.17) is 20.8 Å². The van der Waals surface area contributed by atoms with Crippen LogP contribution in [-0.4, -0.2) is 39.9 Å². The third-order valence-electron chi connectivity index (χ3n) is 6.74. The van der Waals surface area contributed by atoms with Crippen molar-refractivity contribution in [3.05, 3.63) is 33.3 Å². The number of hydrogen-bond acceptors (Lipinski definition) is 5. The summed E-state index contributed by atoms with van der Waals surface area (Å²) >= 11 is 6.32. The van der Waals surface area contributed by atoms with E-state index in [0.717, 1.165) is 37.0 Å². The number of piperidine rings is 1. The quantitative estimate of drug-likeness (QED) is 0.719. The second kappa shape index (κ2) is 7.80. The molecule has 2 saturated heterocycles. The third-order valence-corrected chi connectivity index (χ3v) is 6.96. The number of fused-ring (bicyclic) bond motifs is 3. The van der Waals surface area contributed by atoms with Gasteiger partial charge in [0.15, 0.2) is 0 Å². The van der Waals surface area contributed by atoms with Gasteiger partial charge < -0.3 is 9.15 Å². The predicted octanol–water partition coefficient (Wildman–Crippen LogP) is 4.45. The average molecular weight is 418 g/mol. The molecular weight excluding hydrogens is 390 g/mol. The molecule has 1 aromatic carbocycles. The lowest BCUT2D eigenvalue weighted by atomic mass is 9.97. The molecule has 5 rings (SSSR count). The summed E-state index contributed by atoms with van der Waals surface area (Å²) in [6, 6.07) is 4.93. The maximum Gasteiger partial charge on any atom is 0.437 e. The molecule has 0 amide bonds. The fourth-order valence-electron chi connectivity index (χ4n) is 5.38. The van der Waals surface area contributed by atoms with Gasteiger partial charge in [0.1, 0.15) is 5.75 Å². The number of unbranched alkanes of at least 4 members (excludes halogenated alkanes) is 1. The van der Waals surface area contributed by atoms with Crippen LogP contribution in [0.25, 0.3) is 11.5 Å². The molecule has 6 nitrogen and oxygen atoms in total. The fraction of sp³-hybridized carbons (Fsp3) is 0.636. The second-order valence-electron chi connectivity index (χ2n) is 8.61. The first-order valence-electron chi connectivity index (χ1n) is 10.9. The summed E-state index contributed by atoms with van der Waals surface area (Å²) in [5, 5.41) is 5.23. The topological polar surface area (TPSA) is 60.5 Å². The molecule has 0 N–H and O–H groups in total. The summed E-state index contributed by atoms with van der Waals surface area (Å²) in [7, 11) is 0. The van der Waals surface area contributed by atoms with Crippen molar-refractivity contribution in [2.45, 2.75) is 76.4 Å². The van der Waals surface area contributed by atoms with Crippen molar-refractivity contribution in [2.24, 2.45) is 0 Å². The molecule has 2 bridgehead atoms. The van der Waals surface area contributed by atoms with Crippen molar-refractivity contribution in [3.63, 3.8) is 0 Å². The van der Waals surface area contributed by atoms with Gasteiger partial charge in [-0.3, -0.25) is 4.90 Å². The lowest BCUT2D eigenvalue weighted by Gasteiger charge is -2.38. The molecule has 0 saturated carbocycles. The van der Waals surface area contributed by atoms with Crippen LogP contribution in [0.4, 0.5) is 0 Å². The minimum atomic E-state index is -0.379. The number of benzene rings is 1. The molecule has 1 aromatic heterocycles. The van der Waals surface area contributed by atoms with Crippen LogP contribution in [0.3, 0.4) is 0 Å². The smallest absolute Gasteiger partial charge is 0.437 e. The first-order valence-corrected chi connectivity index (χ1v) is 11.3. The van der Waals surface area contributed by atoms with Crippen LogP contribution in [0, 0.1) is 0 Å². The van der Waals surface area contributed by atoms with Crippen LogP contribution in [-0.2, 0) is 6.42 Å². The Hall–Kier alpha value is -1.79. The van der Waals surface area contributed by atoms with Crippen LogP contribution in [0.1, 0.15) is 63.5 Å². The normalized spacial score (nSPS) is 26.3. The van der Waals surface area contributed by atoms with Gasteiger partial charge in [-0.2, -0.15) is 4.68 Å². The number of nitrogens with zero attached hydrogens (tertiary/aromatic N) is 3. The Balaban J connectivity index is 1.43. The molecule has 29 heavy (non-hydrogen) atoms. The number of hydrogen-bond donors (Lipinski definition) is 0. The number of rotatable bonds is 5. The molecule has 2 atom stereocenters. The zero-order valence-electron chi connectivity index (χ0n) is 16.9. The highest BCUT2D eigenvalue weighted by Crippen LogP contribution is 2.41. The third kappa shape index (κ3) is 3.50. The first-order chi connectivity index (χ1) is 14.1. The van der Waals surface area contributed by atoms with Gasteiger partial charge in [0.05, 0.1) is 18.2 Å². The van der Waals surface area contributed by atoms with Crippen molar-refractivity contribution < 1.29 is 9.15 Å². The molecule has 4 heterocycles. The van der Waals surface area contributed by atoms with Gasteiger partial charge in [-0.05, 0) is 69.2 Å². The van der Waals surface area contributed by atoms with Gasteiger partial charge in [-0.15, -0.1) is 5.10 Å². The SMILES string of the molecule is CCCCN1C2CCC1CC(n1nc(-c3cc(Cl)cc4c3OCCC4)oc1=O)C2. The Morgan fingerprint density at radius 3 is 2.76 bits per heavy atom. The molecule has 7 heteroatoms. The molecule has 3 aliphatic heterocycles. The highest BCUT2D eigenvalue weighted by molar-refractivity contribution is 6.31. The van der Waals surface area contributed by atoms with Gasteiger partial charge in [0.2, 0.25) is 0 Å². The van der Waals surface area contributed by atoms with E-state index in [9.17, 15) is 4.79 Å². The van der Waals surface area contributed by atoms with Gasteiger partial charge in [-0.1, -0.05) is 24.9 Å². The zero-order valence-corrected chi connectivity index (χ0v) is 17.7. The number of aromatic nitrogens is 2. The monoisotopic (exact) mass is 417 g/mol. The summed E-state index contributed by atoms with van der Waals surface area (Å²) in [5.41, 5.74) is 1.74. The van der Waals surface area contributed by atoms with E-state index in [1.165, 1.54) is 32.2 Å². The van der Waals surface area contributed by atoms with Gasteiger partial charge in [0.25, 0.3) is 5.89 Å². The van der Waals surface area contributed by atoms with E-state index in [-0.39, 0.29) is 11.8 Å². The molecule has 156 valence electrons. The van der Waals surface area contributed by atoms with Crippen molar-refractivity contribution in [1.29, 1.82) is 0 Å². The highest BCUT2D eigenvalue weighted by atomic mass is 35.5. The summed E-state index contributed by atoms with van der Waals surface area (Å²) in [5.74, 6) is 0.691. The maximum atomic E-state index is 12.7. The van der Waals surface area contributed by atoms with Crippen molar-refractivity contribution >= 4 is 11.6 Å². The molecule has 0 radical (unpaired) electrons. The lowest BCUT2D eigenvalue weighted by Crippen LogP contribution is -2.45. The molecular formula is C22H28ClN3O3. The van der Waals surface area contributed by atoms with E-state index in [0.29, 0.717) is 35.2 Å². The molecule has 0 spiro atoms. The zero-order chi connectivity index (χ0) is 20.0. The number of aryl methyl sites for hydroxylation is 1. The van der Waals surface area contributed by atoms with Crippen molar-refractivity contribution in [3.8, 4) is 17.2 Å². The first kappa shape index (κ1) is 19.2. The minimum absolute atomic E-state index is 0.103. The molecule has 2 aromatic rings. The Labute approximate surface area is 175 Å². The predicted molar refractivity (Wildman–Crippen MR) is 112 cm³/mol. The van der Waals surface area contributed by atoms with E-state index >= 15 is 0 Å². The van der Waals surface area contributed by atoms with Crippen molar-refractivity contribution in [1.82, 2.24) is 14.7 Å². The Morgan fingerprint density at radius 2 is 2.00 bits per heavy atom. The highest BCUT2D eigenvalue weighted by Gasteiger charge is 2.42. The van der Waals surface area contributed by atoms with E-state index in [1.807, 2.05) is 6.07 Å². The Kier molecular flexibility index (Phi) is 5.16. The average Bonchev–Trinajstić information content (AvgIpc) is 3.21. The minimum Gasteiger partial charge on any atom is -0.492 e. The fourth-order valence-corrected chi connectivity index (χ4v) is 5.62. The van der Waals surface area contributed by atoms with Crippen LogP contribution in [0.15, 0.2) is 21.3 Å². The second-order valence-corrected chi connectivity index (χ2v) is 9.05. The molecule has 2 unspecified atom stereocenters. The molecule has 0 aliphatic carbocycles. The van der Waals surface area contributed by atoms with Crippen LogP contribution in [0.5, 0.6) is 5.75 Å². The van der Waals surface area contributed by atoms with E-state index in [1.54, 1.807) is 10.7 Å². The summed E-state index contributed by atoms with van der Waals surface area (Å²) in [6.45, 7) is 4.07.